The van der Waals surface area contributed by atoms with E-state index in [0.717, 1.165) is 5.56 Å². The highest BCUT2D eigenvalue weighted by Crippen LogP contribution is 2.22. The second kappa shape index (κ2) is 10.1. The molecule has 0 radical (unpaired) electrons. The van der Waals surface area contributed by atoms with Crippen LogP contribution in [0.25, 0.3) is 11.6 Å². The Morgan fingerprint density at radius 3 is 2.33 bits per heavy atom. The van der Waals surface area contributed by atoms with Gasteiger partial charge in [-0.1, -0.05) is 54.1 Å². The largest absolute Gasteiger partial charge is 0.468 e. The fourth-order valence-electron chi connectivity index (χ4n) is 2.11. The van der Waals surface area contributed by atoms with E-state index < -0.39 is 24.5 Å². The van der Waals surface area contributed by atoms with Crippen molar-refractivity contribution in [2.24, 2.45) is 0 Å². The number of ether oxygens (including phenoxy) is 2. The van der Waals surface area contributed by atoms with Gasteiger partial charge in [0.05, 0.1) is 12.7 Å². The molecule has 0 aromatic heterocycles. The third-order valence-electron chi connectivity index (χ3n) is 3.48. The Bertz CT molecular complexity index is 831. The molecule has 0 heterocycles. The quantitative estimate of drug-likeness (QED) is 0.449. The molecular weight excluding hydrogens is 370 g/mol. The summed E-state index contributed by atoms with van der Waals surface area (Å²) < 4.78 is 9.50. The number of benzene rings is 2. The smallest absolute Gasteiger partial charge is 0.339 e. The van der Waals surface area contributed by atoms with E-state index in [-0.39, 0.29) is 12.1 Å². The van der Waals surface area contributed by atoms with Gasteiger partial charge in [-0.15, -0.1) is 0 Å². The zero-order valence-electron chi connectivity index (χ0n) is 14.6. The van der Waals surface area contributed by atoms with Gasteiger partial charge in [0, 0.05) is 5.02 Å². The Kier molecular flexibility index (Phi) is 7.58. The lowest BCUT2D eigenvalue weighted by atomic mass is 10.0. The van der Waals surface area contributed by atoms with Crippen LogP contribution < -0.4 is 5.32 Å². The standard InChI is InChI=1S/C20H18ClNO5/c1-26-19(24)12-22-18(23)13-27-20(25)17(11-14-5-3-2-4-6-14)15-7-9-16(21)10-8-15/h2-11H,12-13H2,1H3,(H,22,23)/b17-11+. The molecule has 0 aliphatic carbocycles. The third-order valence-corrected chi connectivity index (χ3v) is 3.73. The first-order valence-corrected chi connectivity index (χ1v) is 8.40. The predicted molar refractivity (Wildman–Crippen MR) is 102 cm³/mol. The first-order valence-electron chi connectivity index (χ1n) is 8.03. The Balaban J connectivity index is 2.12. The SMILES string of the molecule is COC(=O)CNC(=O)COC(=O)/C(=C/c1ccccc1)c1ccc(Cl)cc1. The minimum atomic E-state index is -0.672. The van der Waals surface area contributed by atoms with Gasteiger partial charge in [0.15, 0.2) is 6.61 Å². The summed E-state index contributed by atoms with van der Waals surface area (Å²) in [4.78, 5) is 35.2. The summed E-state index contributed by atoms with van der Waals surface area (Å²) in [5.41, 5.74) is 1.68. The van der Waals surface area contributed by atoms with E-state index in [9.17, 15) is 14.4 Å². The molecule has 2 rings (SSSR count). The molecule has 6 nitrogen and oxygen atoms in total. The van der Waals surface area contributed by atoms with Crippen molar-refractivity contribution >= 4 is 41.1 Å². The summed E-state index contributed by atoms with van der Waals surface area (Å²) in [6, 6.07) is 15.9. The highest BCUT2D eigenvalue weighted by molar-refractivity contribution is 6.30. The van der Waals surface area contributed by atoms with Crippen molar-refractivity contribution in [1.29, 1.82) is 0 Å². The zero-order chi connectivity index (χ0) is 19.6. The molecule has 1 amide bonds. The van der Waals surface area contributed by atoms with Gasteiger partial charge in [-0.2, -0.15) is 0 Å². The van der Waals surface area contributed by atoms with Crippen LogP contribution in [0.15, 0.2) is 54.6 Å². The van der Waals surface area contributed by atoms with Gasteiger partial charge in [0.25, 0.3) is 5.91 Å². The predicted octanol–water partition coefficient (Wildman–Crippen LogP) is 2.71. The zero-order valence-corrected chi connectivity index (χ0v) is 15.4. The number of hydrogen-bond donors (Lipinski definition) is 1. The van der Waals surface area contributed by atoms with E-state index in [4.69, 9.17) is 16.3 Å². The second-order valence-electron chi connectivity index (χ2n) is 5.40. The van der Waals surface area contributed by atoms with Gasteiger partial charge >= 0.3 is 11.9 Å². The van der Waals surface area contributed by atoms with Crippen LogP contribution in [0.3, 0.4) is 0 Å². The average molecular weight is 388 g/mol. The maximum Gasteiger partial charge on any atom is 0.339 e. The Morgan fingerprint density at radius 2 is 1.70 bits per heavy atom. The number of carbonyl (C=O) groups is 3. The second-order valence-corrected chi connectivity index (χ2v) is 5.84. The molecule has 0 unspecified atom stereocenters. The molecule has 1 N–H and O–H groups in total. The molecule has 2 aromatic carbocycles. The number of carbonyl (C=O) groups excluding carboxylic acids is 3. The summed E-state index contributed by atoms with van der Waals surface area (Å²) in [6.45, 7) is -0.813. The van der Waals surface area contributed by atoms with Crippen molar-refractivity contribution < 1.29 is 23.9 Å². The summed E-state index contributed by atoms with van der Waals surface area (Å²) in [5, 5.41) is 2.83. The normalized spacial score (nSPS) is 10.8. The lowest BCUT2D eigenvalue weighted by Gasteiger charge is -2.09. The molecule has 0 saturated heterocycles. The summed E-state index contributed by atoms with van der Waals surface area (Å²) in [5.74, 6) is -1.88. The van der Waals surface area contributed by atoms with E-state index in [1.165, 1.54) is 7.11 Å². The summed E-state index contributed by atoms with van der Waals surface area (Å²) in [6.07, 6.45) is 1.66. The van der Waals surface area contributed by atoms with Crippen molar-refractivity contribution in [1.82, 2.24) is 5.32 Å². The van der Waals surface area contributed by atoms with Crippen LogP contribution in [0.4, 0.5) is 0 Å². The van der Waals surface area contributed by atoms with Gasteiger partial charge in [-0.25, -0.2) is 4.79 Å². The monoisotopic (exact) mass is 387 g/mol. The number of methoxy groups -OCH3 is 1. The van der Waals surface area contributed by atoms with E-state index >= 15 is 0 Å². The molecule has 140 valence electrons. The first kappa shape index (κ1) is 20.2. The summed E-state index contributed by atoms with van der Waals surface area (Å²) >= 11 is 5.90. The lowest BCUT2D eigenvalue weighted by molar-refractivity contribution is -0.144. The van der Waals surface area contributed by atoms with E-state index in [1.807, 2.05) is 30.3 Å². The highest BCUT2D eigenvalue weighted by atomic mass is 35.5. The Morgan fingerprint density at radius 1 is 1.04 bits per heavy atom. The maximum atomic E-state index is 12.5. The fourth-order valence-corrected chi connectivity index (χ4v) is 2.23. The number of halogens is 1. The number of rotatable bonds is 7. The van der Waals surface area contributed by atoms with Crippen molar-refractivity contribution in [2.45, 2.75) is 0 Å². The summed E-state index contributed by atoms with van der Waals surface area (Å²) in [7, 11) is 1.21. The van der Waals surface area contributed by atoms with Gasteiger partial charge in [0.1, 0.15) is 6.54 Å². The Labute approximate surface area is 161 Å². The van der Waals surface area contributed by atoms with Crippen LogP contribution in [0.5, 0.6) is 0 Å². The molecule has 0 saturated carbocycles. The molecule has 0 spiro atoms. The maximum absolute atomic E-state index is 12.5. The van der Waals surface area contributed by atoms with Crippen molar-refractivity contribution in [3.8, 4) is 0 Å². The minimum Gasteiger partial charge on any atom is -0.468 e. The van der Waals surface area contributed by atoms with Crippen LogP contribution >= 0.6 is 11.6 Å². The van der Waals surface area contributed by atoms with E-state index in [0.29, 0.717) is 10.6 Å². The van der Waals surface area contributed by atoms with Crippen LogP contribution in [0, 0.1) is 0 Å². The van der Waals surface area contributed by atoms with E-state index in [2.05, 4.69) is 10.1 Å². The number of esters is 2. The van der Waals surface area contributed by atoms with Crippen molar-refractivity contribution in [2.75, 3.05) is 20.3 Å². The molecular formula is C20H18ClNO5. The van der Waals surface area contributed by atoms with Crippen molar-refractivity contribution in [3.05, 3.63) is 70.7 Å². The molecule has 0 fully saturated rings. The average Bonchev–Trinajstić information content (AvgIpc) is 2.70. The third kappa shape index (κ3) is 6.60. The van der Waals surface area contributed by atoms with Crippen LogP contribution in [0.1, 0.15) is 11.1 Å². The van der Waals surface area contributed by atoms with Gasteiger partial charge in [0.2, 0.25) is 0 Å². The Hall–Kier alpha value is -3.12. The molecule has 2 aromatic rings. The van der Waals surface area contributed by atoms with Crippen LogP contribution in [0.2, 0.25) is 5.02 Å². The first-order chi connectivity index (χ1) is 13.0. The number of nitrogens with one attached hydrogen (secondary N) is 1. The lowest BCUT2D eigenvalue weighted by Crippen LogP contribution is -2.33. The van der Waals surface area contributed by atoms with Gasteiger partial charge in [-0.05, 0) is 29.3 Å². The van der Waals surface area contributed by atoms with Crippen LogP contribution in [-0.2, 0) is 23.9 Å². The fraction of sp³-hybridized carbons (Fsp3) is 0.150. The van der Waals surface area contributed by atoms with E-state index in [1.54, 1.807) is 30.3 Å². The molecule has 27 heavy (non-hydrogen) atoms. The molecule has 0 bridgehead atoms. The molecule has 7 heteroatoms. The minimum absolute atomic E-state index is 0.277. The molecule has 0 aliphatic heterocycles. The van der Waals surface area contributed by atoms with Crippen molar-refractivity contribution in [3.63, 3.8) is 0 Å². The molecule has 0 atom stereocenters. The highest BCUT2D eigenvalue weighted by Gasteiger charge is 2.16. The topological polar surface area (TPSA) is 81.7 Å². The number of amides is 1. The van der Waals surface area contributed by atoms with Crippen LogP contribution in [-0.4, -0.2) is 38.1 Å². The number of hydrogen-bond acceptors (Lipinski definition) is 5. The van der Waals surface area contributed by atoms with Gasteiger partial charge < -0.3 is 14.8 Å². The molecule has 0 aliphatic rings. The van der Waals surface area contributed by atoms with Gasteiger partial charge in [-0.3, -0.25) is 9.59 Å².